The first-order valence-electron chi connectivity index (χ1n) is 7.71. The molecule has 20 heavy (non-hydrogen) atoms. The third-order valence-electron chi connectivity index (χ3n) is 4.05. The van der Waals surface area contributed by atoms with E-state index in [-0.39, 0.29) is 0 Å². The summed E-state index contributed by atoms with van der Waals surface area (Å²) in [7, 11) is 2.04. The molecule has 1 aromatic carbocycles. The first-order valence-corrected chi connectivity index (χ1v) is 8.53. The van der Waals surface area contributed by atoms with Gasteiger partial charge in [-0.2, -0.15) is 0 Å². The van der Waals surface area contributed by atoms with Crippen LogP contribution in [-0.4, -0.2) is 24.5 Å². The van der Waals surface area contributed by atoms with Gasteiger partial charge in [0.2, 0.25) is 0 Å². The number of thiophene rings is 1. The van der Waals surface area contributed by atoms with E-state index in [1.165, 1.54) is 40.8 Å². The Balaban J connectivity index is 1.92. The first kappa shape index (κ1) is 14.1. The van der Waals surface area contributed by atoms with Crippen molar-refractivity contribution in [2.24, 2.45) is 0 Å². The summed E-state index contributed by atoms with van der Waals surface area (Å²) in [4.78, 5) is 4.20. The molecule has 0 bridgehead atoms. The molecule has 1 aromatic heterocycles. The Bertz CT molecular complexity index is 571. The summed E-state index contributed by atoms with van der Waals surface area (Å²) < 4.78 is 1.43. The maximum absolute atomic E-state index is 3.33. The van der Waals surface area contributed by atoms with Crippen LogP contribution in [0.5, 0.6) is 0 Å². The van der Waals surface area contributed by atoms with Crippen LogP contribution < -0.4 is 5.32 Å². The Morgan fingerprint density at radius 3 is 2.80 bits per heavy atom. The largest absolute Gasteiger partial charge is 0.315 e. The molecule has 1 saturated carbocycles. The van der Waals surface area contributed by atoms with Gasteiger partial charge in [0.15, 0.2) is 0 Å². The fraction of sp³-hybridized carbons (Fsp3) is 0.529. The van der Waals surface area contributed by atoms with E-state index in [0.29, 0.717) is 0 Å². The predicted molar refractivity (Wildman–Crippen MR) is 88.3 cm³/mol. The van der Waals surface area contributed by atoms with Gasteiger partial charge in [-0.25, -0.2) is 0 Å². The smallest absolute Gasteiger partial charge is 0.0349 e. The lowest BCUT2D eigenvalue weighted by molar-refractivity contribution is 0.256. The zero-order valence-corrected chi connectivity index (χ0v) is 13.3. The topological polar surface area (TPSA) is 15.3 Å². The maximum atomic E-state index is 3.33. The van der Waals surface area contributed by atoms with Crippen molar-refractivity contribution in [2.75, 3.05) is 13.6 Å². The van der Waals surface area contributed by atoms with Crippen molar-refractivity contribution in [1.82, 2.24) is 10.2 Å². The van der Waals surface area contributed by atoms with Gasteiger partial charge < -0.3 is 5.32 Å². The van der Waals surface area contributed by atoms with Crippen molar-refractivity contribution in [3.05, 3.63) is 34.7 Å². The molecule has 0 amide bonds. The summed E-state index contributed by atoms with van der Waals surface area (Å²) in [5.41, 5.74) is 1.56. The minimum Gasteiger partial charge on any atom is -0.315 e. The number of rotatable bonds is 7. The quantitative estimate of drug-likeness (QED) is 0.828. The van der Waals surface area contributed by atoms with Gasteiger partial charge in [0.25, 0.3) is 0 Å². The highest BCUT2D eigenvalue weighted by atomic mass is 32.1. The molecular weight excluding hydrogens is 264 g/mol. The van der Waals surface area contributed by atoms with Gasteiger partial charge in [-0.1, -0.05) is 25.1 Å². The lowest BCUT2D eigenvalue weighted by atomic mass is 10.1. The molecule has 0 atom stereocenters. The molecule has 3 heteroatoms. The Kier molecular flexibility index (Phi) is 4.39. The molecular formula is C17H24N2S. The van der Waals surface area contributed by atoms with E-state index >= 15 is 0 Å². The predicted octanol–water partition coefficient (Wildman–Crippen LogP) is 4.00. The maximum Gasteiger partial charge on any atom is 0.0349 e. The number of hydrogen-bond acceptors (Lipinski definition) is 3. The van der Waals surface area contributed by atoms with Crippen LogP contribution in [0.4, 0.5) is 0 Å². The van der Waals surface area contributed by atoms with Crippen molar-refractivity contribution in [2.45, 2.75) is 45.3 Å². The molecule has 3 rings (SSSR count). The van der Waals surface area contributed by atoms with Gasteiger partial charge in [-0.3, -0.25) is 4.90 Å². The summed E-state index contributed by atoms with van der Waals surface area (Å²) in [6.45, 7) is 5.63. The van der Waals surface area contributed by atoms with E-state index in [0.717, 1.165) is 19.1 Å². The van der Waals surface area contributed by atoms with Gasteiger partial charge in [-0.05, 0) is 49.9 Å². The minimum absolute atomic E-state index is 0.844. The highest BCUT2D eigenvalue weighted by molar-refractivity contribution is 7.19. The molecule has 0 unspecified atom stereocenters. The summed E-state index contributed by atoms with van der Waals surface area (Å²) >= 11 is 1.95. The standard InChI is InChI=1S/C17H24N2S/c1-3-10-19(13-8-9-13)12-15-14-6-4-5-7-16(14)20-17(15)11-18-2/h4-7,13,18H,3,8-12H2,1-2H3. The Morgan fingerprint density at radius 2 is 2.10 bits per heavy atom. The molecule has 1 aliphatic rings. The lowest BCUT2D eigenvalue weighted by Crippen LogP contribution is -2.26. The van der Waals surface area contributed by atoms with E-state index in [1.807, 2.05) is 18.4 Å². The number of nitrogens with one attached hydrogen (secondary N) is 1. The van der Waals surface area contributed by atoms with Crippen molar-refractivity contribution in [3.63, 3.8) is 0 Å². The van der Waals surface area contributed by atoms with Crippen LogP contribution in [0, 0.1) is 0 Å². The van der Waals surface area contributed by atoms with Crippen LogP contribution in [0.1, 0.15) is 36.6 Å². The van der Waals surface area contributed by atoms with E-state index in [9.17, 15) is 0 Å². The molecule has 108 valence electrons. The Morgan fingerprint density at radius 1 is 1.30 bits per heavy atom. The average molecular weight is 288 g/mol. The number of benzene rings is 1. The van der Waals surface area contributed by atoms with Crippen LogP contribution >= 0.6 is 11.3 Å². The van der Waals surface area contributed by atoms with Crippen LogP contribution in [0.15, 0.2) is 24.3 Å². The zero-order chi connectivity index (χ0) is 13.9. The van der Waals surface area contributed by atoms with Crippen LogP contribution in [-0.2, 0) is 13.1 Å². The van der Waals surface area contributed by atoms with Crippen LogP contribution in [0.25, 0.3) is 10.1 Å². The highest BCUT2D eigenvalue weighted by Crippen LogP contribution is 2.35. The van der Waals surface area contributed by atoms with Crippen molar-refractivity contribution < 1.29 is 0 Å². The second kappa shape index (κ2) is 6.25. The molecule has 0 aliphatic heterocycles. The first-order chi connectivity index (χ1) is 9.83. The molecule has 2 nitrogen and oxygen atoms in total. The Hall–Kier alpha value is -0.900. The summed E-state index contributed by atoms with van der Waals surface area (Å²) in [6, 6.07) is 9.71. The third-order valence-corrected chi connectivity index (χ3v) is 5.27. The molecule has 1 fully saturated rings. The van der Waals surface area contributed by atoms with Crippen LogP contribution in [0.3, 0.4) is 0 Å². The normalized spacial score (nSPS) is 15.3. The second-order valence-corrected chi connectivity index (χ2v) is 6.87. The minimum atomic E-state index is 0.844. The molecule has 1 aliphatic carbocycles. The highest BCUT2D eigenvalue weighted by Gasteiger charge is 2.29. The average Bonchev–Trinajstić information content (AvgIpc) is 3.24. The number of hydrogen-bond donors (Lipinski definition) is 1. The molecule has 0 spiro atoms. The van der Waals surface area contributed by atoms with Gasteiger partial charge in [0.05, 0.1) is 0 Å². The van der Waals surface area contributed by atoms with E-state index in [4.69, 9.17) is 0 Å². The summed E-state index contributed by atoms with van der Waals surface area (Å²) in [5.74, 6) is 0. The lowest BCUT2D eigenvalue weighted by Gasteiger charge is -2.22. The van der Waals surface area contributed by atoms with E-state index < -0.39 is 0 Å². The van der Waals surface area contributed by atoms with Crippen molar-refractivity contribution in [1.29, 1.82) is 0 Å². The fourth-order valence-corrected chi connectivity index (χ4v) is 4.17. The molecule has 2 aromatic rings. The van der Waals surface area contributed by atoms with E-state index in [1.54, 1.807) is 5.56 Å². The Labute approximate surface area is 125 Å². The van der Waals surface area contributed by atoms with Crippen LogP contribution in [0.2, 0.25) is 0 Å². The molecule has 0 radical (unpaired) electrons. The summed E-state index contributed by atoms with van der Waals surface area (Å²) in [5, 5.41) is 4.79. The van der Waals surface area contributed by atoms with Gasteiger partial charge in [-0.15, -0.1) is 11.3 Å². The number of nitrogens with zero attached hydrogens (tertiary/aromatic N) is 1. The SMILES string of the molecule is CCCN(Cc1c(CNC)sc2ccccc12)C1CC1. The fourth-order valence-electron chi connectivity index (χ4n) is 2.95. The molecule has 1 N–H and O–H groups in total. The molecule has 1 heterocycles. The van der Waals surface area contributed by atoms with Crippen molar-refractivity contribution in [3.8, 4) is 0 Å². The van der Waals surface area contributed by atoms with Gasteiger partial charge in [0.1, 0.15) is 0 Å². The summed E-state index contributed by atoms with van der Waals surface area (Å²) in [6.07, 6.45) is 4.03. The molecule has 0 saturated heterocycles. The third kappa shape index (κ3) is 2.90. The van der Waals surface area contributed by atoms with Gasteiger partial charge in [0, 0.05) is 28.7 Å². The zero-order valence-electron chi connectivity index (χ0n) is 12.5. The second-order valence-electron chi connectivity index (χ2n) is 5.73. The van der Waals surface area contributed by atoms with Crippen molar-refractivity contribution >= 4 is 21.4 Å². The monoisotopic (exact) mass is 288 g/mol. The van der Waals surface area contributed by atoms with E-state index in [2.05, 4.69) is 41.4 Å². The number of fused-ring (bicyclic) bond motifs is 1. The van der Waals surface area contributed by atoms with Gasteiger partial charge >= 0.3 is 0 Å².